The van der Waals surface area contributed by atoms with Crippen molar-refractivity contribution in [1.29, 1.82) is 5.41 Å². The average Bonchev–Trinajstić information content (AvgIpc) is 2.43. The van der Waals surface area contributed by atoms with Gasteiger partial charge in [0, 0.05) is 5.56 Å². The molecule has 2 rings (SSSR count). The van der Waals surface area contributed by atoms with E-state index in [-0.39, 0.29) is 5.84 Å². The predicted octanol–water partition coefficient (Wildman–Crippen LogP) is 1.89. The molecule has 0 aliphatic rings. The Morgan fingerprint density at radius 1 is 1.54 bits per heavy atom. The van der Waals surface area contributed by atoms with Gasteiger partial charge in [0.1, 0.15) is 5.84 Å². The van der Waals surface area contributed by atoms with Gasteiger partial charge >= 0.3 is 0 Å². The molecule has 4 heteroatoms. The van der Waals surface area contributed by atoms with Crippen molar-refractivity contribution in [1.82, 2.24) is 4.98 Å². The maximum Gasteiger partial charge on any atom is 0.125 e. The van der Waals surface area contributed by atoms with Crippen molar-refractivity contribution in [3.8, 4) is 0 Å². The Hall–Kier alpha value is -1.42. The molecule has 3 N–H and O–H groups in total. The lowest BCUT2D eigenvalue weighted by atomic mass is 10.2. The first-order valence-electron chi connectivity index (χ1n) is 3.89. The molecule has 1 heterocycles. The number of rotatable bonds is 1. The Morgan fingerprint density at radius 3 is 3.00 bits per heavy atom. The highest BCUT2D eigenvalue weighted by molar-refractivity contribution is 7.18. The second kappa shape index (κ2) is 2.81. The number of fused-ring (bicyclic) bond motifs is 1. The Kier molecular flexibility index (Phi) is 1.77. The molecule has 0 aliphatic heterocycles. The van der Waals surface area contributed by atoms with E-state index in [0.717, 1.165) is 20.8 Å². The van der Waals surface area contributed by atoms with E-state index in [1.165, 1.54) is 0 Å². The summed E-state index contributed by atoms with van der Waals surface area (Å²) in [5.41, 5.74) is 7.01. The largest absolute Gasteiger partial charge is 0.384 e. The molecule has 0 saturated heterocycles. The van der Waals surface area contributed by atoms with Gasteiger partial charge in [0.15, 0.2) is 0 Å². The van der Waals surface area contributed by atoms with Crippen LogP contribution in [0.4, 0.5) is 0 Å². The van der Waals surface area contributed by atoms with Crippen LogP contribution in [0.25, 0.3) is 10.2 Å². The molecule has 66 valence electrons. The lowest BCUT2D eigenvalue weighted by molar-refractivity contribution is 1.33. The molecular weight excluding hydrogens is 182 g/mol. The van der Waals surface area contributed by atoms with Crippen LogP contribution in [-0.4, -0.2) is 10.8 Å². The minimum atomic E-state index is 0.0795. The second-order valence-corrected chi connectivity index (χ2v) is 4.03. The van der Waals surface area contributed by atoms with Crippen LogP contribution in [0, 0.1) is 12.3 Å². The number of para-hydroxylation sites is 1. The van der Waals surface area contributed by atoms with Crippen LogP contribution in [0.3, 0.4) is 0 Å². The first-order chi connectivity index (χ1) is 6.18. The Labute approximate surface area is 79.7 Å². The number of amidine groups is 1. The van der Waals surface area contributed by atoms with Gasteiger partial charge in [-0.15, -0.1) is 11.3 Å². The van der Waals surface area contributed by atoms with Crippen LogP contribution >= 0.6 is 11.3 Å². The molecule has 0 amide bonds. The number of hydrogen-bond donors (Lipinski definition) is 2. The summed E-state index contributed by atoms with van der Waals surface area (Å²) in [6, 6.07) is 5.72. The summed E-state index contributed by atoms with van der Waals surface area (Å²) >= 11 is 1.62. The van der Waals surface area contributed by atoms with Crippen LogP contribution in [-0.2, 0) is 0 Å². The molecule has 0 aliphatic carbocycles. The van der Waals surface area contributed by atoms with Crippen LogP contribution in [0.1, 0.15) is 10.6 Å². The summed E-state index contributed by atoms with van der Waals surface area (Å²) in [7, 11) is 0. The van der Waals surface area contributed by atoms with Crippen LogP contribution in [0.2, 0.25) is 0 Å². The molecule has 2 aromatic rings. The summed E-state index contributed by atoms with van der Waals surface area (Å²) in [5.74, 6) is 0.0795. The quantitative estimate of drug-likeness (QED) is 0.534. The third-order valence-electron chi connectivity index (χ3n) is 1.82. The van der Waals surface area contributed by atoms with Gasteiger partial charge in [-0.2, -0.15) is 0 Å². The third-order valence-corrected chi connectivity index (χ3v) is 2.75. The monoisotopic (exact) mass is 191 g/mol. The summed E-state index contributed by atoms with van der Waals surface area (Å²) in [5, 5.41) is 8.37. The van der Waals surface area contributed by atoms with E-state index < -0.39 is 0 Å². The molecule has 0 fully saturated rings. The van der Waals surface area contributed by atoms with E-state index in [2.05, 4.69) is 4.98 Å². The number of aryl methyl sites for hydroxylation is 1. The van der Waals surface area contributed by atoms with Crippen LogP contribution in [0.5, 0.6) is 0 Å². The van der Waals surface area contributed by atoms with Gasteiger partial charge in [0.2, 0.25) is 0 Å². The summed E-state index contributed by atoms with van der Waals surface area (Å²) in [4.78, 5) is 4.33. The first kappa shape index (κ1) is 8.19. The van der Waals surface area contributed by atoms with Gasteiger partial charge in [-0.3, -0.25) is 5.41 Å². The third kappa shape index (κ3) is 1.29. The molecule has 1 aromatic heterocycles. The van der Waals surface area contributed by atoms with Crippen molar-refractivity contribution >= 4 is 27.4 Å². The molecule has 0 radical (unpaired) electrons. The summed E-state index contributed by atoms with van der Waals surface area (Å²) in [6.45, 7) is 1.95. The minimum absolute atomic E-state index is 0.0795. The number of nitrogens with zero attached hydrogens (tertiary/aromatic N) is 1. The summed E-state index contributed by atoms with van der Waals surface area (Å²) < 4.78 is 1.09. The normalized spacial score (nSPS) is 10.5. The number of hydrogen-bond acceptors (Lipinski definition) is 3. The van der Waals surface area contributed by atoms with Crippen molar-refractivity contribution in [3.05, 3.63) is 28.8 Å². The fraction of sp³-hybridized carbons (Fsp3) is 0.111. The molecule has 0 spiro atoms. The lowest BCUT2D eigenvalue weighted by Crippen LogP contribution is -2.11. The van der Waals surface area contributed by atoms with Gasteiger partial charge in [-0.1, -0.05) is 6.07 Å². The zero-order valence-corrected chi connectivity index (χ0v) is 7.98. The number of nitrogens with one attached hydrogen (secondary N) is 1. The van der Waals surface area contributed by atoms with E-state index >= 15 is 0 Å². The smallest absolute Gasteiger partial charge is 0.125 e. The molecule has 0 saturated carbocycles. The molecule has 0 atom stereocenters. The van der Waals surface area contributed by atoms with Gasteiger partial charge in [0.05, 0.1) is 15.2 Å². The molecule has 3 nitrogen and oxygen atoms in total. The van der Waals surface area contributed by atoms with Gasteiger partial charge in [0.25, 0.3) is 0 Å². The van der Waals surface area contributed by atoms with E-state index in [1.54, 1.807) is 11.3 Å². The Morgan fingerprint density at radius 2 is 2.31 bits per heavy atom. The van der Waals surface area contributed by atoms with Crippen molar-refractivity contribution in [2.45, 2.75) is 6.92 Å². The zero-order chi connectivity index (χ0) is 9.42. The number of thiazole rings is 1. The highest BCUT2D eigenvalue weighted by Gasteiger charge is 2.06. The second-order valence-electron chi connectivity index (χ2n) is 2.80. The fourth-order valence-corrected chi connectivity index (χ4v) is 2.13. The highest BCUT2D eigenvalue weighted by atomic mass is 32.1. The first-order valence-corrected chi connectivity index (χ1v) is 4.70. The maximum atomic E-state index is 7.37. The van der Waals surface area contributed by atoms with Crippen molar-refractivity contribution in [2.75, 3.05) is 0 Å². The Balaban J connectivity index is 2.82. The summed E-state index contributed by atoms with van der Waals surface area (Å²) in [6.07, 6.45) is 0. The van der Waals surface area contributed by atoms with Crippen LogP contribution in [0.15, 0.2) is 18.2 Å². The number of aromatic nitrogens is 1. The number of nitrogens with two attached hydrogens (primary N) is 1. The number of nitrogen functional groups attached to an aromatic ring is 1. The highest BCUT2D eigenvalue weighted by Crippen LogP contribution is 2.23. The van der Waals surface area contributed by atoms with Crippen molar-refractivity contribution in [2.24, 2.45) is 5.73 Å². The molecule has 1 aromatic carbocycles. The van der Waals surface area contributed by atoms with Gasteiger partial charge < -0.3 is 5.73 Å². The maximum absolute atomic E-state index is 7.37. The molecular formula is C9H9N3S. The molecule has 13 heavy (non-hydrogen) atoms. The fourth-order valence-electron chi connectivity index (χ4n) is 1.28. The standard InChI is InChI=1S/C9H9N3S/c1-5-12-8-6(9(10)11)3-2-4-7(8)13-5/h2-4H,1H3,(H3,10,11). The average molecular weight is 191 g/mol. The van der Waals surface area contributed by atoms with Gasteiger partial charge in [-0.05, 0) is 19.1 Å². The SMILES string of the molecule is Cc1nc2c(C(=N)N)cccc2s1. The Bertz CT molecular complexity index is 473. The minimum Gasteiger partial charge on any atom is -0.384 e. The van der Waals surface area contributed by atoms with Gasteiger partial charge in [-0.25, -0.2) is 4.98 Å². The predicted molar refractivity (Wildman–Crippen MR) is 55.4 cm³/mol. The van der Waals surface area contributed by atoms with Crippen LogP contribution < -0.4 is 5.73 Å². The van der Waals surface area contributed by atoms with E-state index in [4.69, 9.17) is 11.1 Å². The van der Waals surface area contributed by atoms with E-state index in [1.807, 2.05) is 25.1 Å². The van der Waals surface area contributed by atoms with Crippen molar-refractivity contribution in [3.63, 3.8) is 0 Å². The molecule has 0 bridgehead atoms. The zero-order valence-electron chi connectivity index (χ0n) is 7.16. The topological polar surface area (TPSA) is 62.8 Å². The van der Waals surface area contributed by atoms with Crippen molar-refractivity contribution < 1.29 is 0 Å². The van der Waals surface area contributed by atoms with E-state index in [9.17, 15) is 0 Å². The molecule has 0 unspecified atom stereocenters. The lowest BCUT2D eigenvalue weighted by Gasteiger charge is -1.97. The van der Waals surface area contributed by atoms with E-state index in [0.29, 0.717) is 0 Å². The number of benzene rings is 1.